The molecule has 0 aromatic heterocycles. The third-order valence-corrected chi connectivity index (χ3v) is 6.95. The van der Waals surface area contributed by atoms with Gasteiger partial charge in [-0.15, -0.1) is 0 Å². The van der Waals surface area contributed by atoms with E-state index in [9.17, 15) is 19.2 Å². The highest BCUT2D eigenvalue weighted by atomic mass is 16.6. The van der Waals surface area contributed by atoms with Gasteiger partial charge in [-0.2, -0.15) is 0 Å². The molecule has 1 fully saturated rings. The summed E-state index contributed by atoms with van der Waals surface area (Å²) in [6.07, 6.45) is 1.45. The van der Waals surface area contributed by atoms with E-state index in [-0.39, 0.29) is 19.1 Å². The second-order valence-electron chi connectivity index (χ2n) is 9.49. The Balaban J connectivity index is 1.37. The van der Waals surface area contributed by atoms with Crippen molar-refractivity contribution < 1.29 is 28.7 Å². The lowest BCUT2D eigenvalue weighted by Gasteiger charge is -2.35. The van der Waals surface area contributed by atoms with Crippen LogP contribution in [0.3, 0.4) is 0 Å². The number of anilines is 2. The van der Waals surface area contributed by atoms with Crippen LogP contribution in [0.1, 0.15) is 46.8 Å². The number of ether oxygens (including phenoxy) is 2. The van der Waals surface area contributed by atoms with Crippen LogP contribution in [0.2, 0.25) is 0 Å². The predicted molar refractivity (Wildman–Crippen MR) is 132 cm³/mol. The molecule has 2 aromatic rings. The van der Waals surface area contributed by atoms with E-state index in [1.807, 2.05) is 24.3 Å². The number of rotatable bonds is 5. The SMILES string of the molecule is CC(=O)O[C@@H](C(=O)Nc1ccc2c(c1)CCCC2)[C@H]1OCCN(c2ccc3c(c2)C(=O)N(C)C3)C1=O. The first-order valence-corrected chi connectivity index (χ1v) is 12.2. The van der Waals surface area contributed by atoms with E-state index < -0.39 is 30.0 Å². The molecule has 0 unspecified atom stereocenters. The van der Waals surface area contributed by atoms with E-state index in [1.165, 1.54) is 23.0 Å². The molecule has 1 saturated heterocycles. The molecule has 2 atom stereocenters. The van der Waals surface area contributed by atoms with Gasteiger partial charge in [-0.3, -0.25) is 19.2 Å². The van der Waals surface area contributed by atoms with Crippen LogP contribution in [0.25, 0.3) is 0 Å². The summed E-state index contributed by atoms with van der Waals surface area (Å²) in [5, 5.41) is 2.80. The van der Waals surface area contributed by atoms with E-state index in [4.69, 9.17) is 9.47 Å². The molecule has 2 aliphatic heterocycles. The molecule has 3 amide bonds. The molecule has 2 heterocycles. The molecule has 0 bridgehead atoms. The van der Waals surface area contributed by atoms with Crippen molar-refractivity contribution in [1.29, 1.82) is 0 Å². The van der Waals surface area contributed by atoms with Crippen LogP contribution in [-0.2, 0) is 43.2 Å². The molecule has 188 valence electrons. The van der Waals surface area contributed by atoms with Gasteiger partial charge in [-0.25, -0.2) is 0 Å². The van der Waals surface area contributed by atoms with Gasteiger partial charge in [0.1, 0.15) is 0 Å². The normalized spacial score (nSPS) is 20.0. The average Bonchev–Trinajstić information content (AvgIpc) is 3.15. The smallest absolute Gasteiger partial charge is 0.303 e. The van der Waals surface area contributed by atoms with Gasteiger partial charge < -0.3 is 24.6 Å². The van der Waals surface area contributed by atoms with Crippen LogP contribution in [0.4, 0.5) is 11.4 Å². The van der Waals surface area contributed by atoms with Crippen LogP contribution in [0.5, 0.6) is 0 Å². The molecular weight excluding hydrogens is 462 g/mol. The number of hydrogen-bond acceptors (Lipinski definition) is 6. The molecule has 0 radical (unpaired) electrons. The topological polar surface area (TPSA) is 105 Å². The lowest BCUT2D eigenvalue weighted by Crippen LogP contribution is -2.56. The minimum Gasteiger partial charge on any atom is -0.449 e. The minimum atomic E-state index is -1.46. The number of amides is 3. The van der Waals surface area contributed by atoms with Crippen molar-refractivity contribution in [2.75, 3.05) is 30.4 Å². The summed E-state index contributed by atoms with van der Waals surface area (Å²) in [5.41, 5.74) is 5.03. The molecule has 2 aromatic carbocycles. The summed E-state index contributed by atoms with van der Waals surface area (Å²) in [7, 11) is 1.72. The number of nitrogens with zero attached hydrogens (tertiary/aromatic N) is 2. The van der Waals surface area contributed by atoms with Gasteiger partial charge in [0.05, 0.1) is 6.61 Å². The van der Waals surface area contributed by atoms with Crippen LogP contribution in [-0.4, -0.2) is 61.0 Å². The number of aryl methyl sites for hydroxylation is 2. The highest BCUT2D eigenvalue weighted by Crippen LogP contribution is 2.29. The predicted octanol–water partition coefficient (Wildman–Crippen LogP) is 2.45. The molecule has 5 rings (SSSR count). The third-order valence-electron chi connectivity index (χ3n) is 6.95. The van der Waals surface area contributed by atoms with E-state index >= 15 is 0 Å². The van der Waals surface area contributed by atoms with Crippen molar-refractivity contribution in [3.63, 3.8) is 0 Å². The zero-order valence-electron chi connectivity index (χ0n) is 20.4. The first kappa shape index (κ1) is 24.0. The highest BCUT2D eigenvalue weighted by molar-refractivity contribution is 6.06. The van der Waals surface area contributed by atoms with Crippen molar-refractivity contribution in [3.8, 4) is 0 Å². The molecule has 1 aliphatic carbocycles. The van der Waals surface area contributed by atoms with Crippen LogP contribution in [0.15, 0.2) is 36.4 Å². The average molecular weight is 492 g/mol. The summed E-state index contributed by atoms with van der Waals surface area (Å²) >= 11 is 0. The lowest BCUT2D eigenvalue weighted by molar-refractivity contribution is -0.167. The summed E-state index contributed by atoms with van der Waals surface area (Å²) < 4.78 is 11.0. The summed E-state index contributed by atoms with van der Waals surface area (Å²) in [6, 6.07) is 11.1. The Bertz CT molecular complexity index is 1240. The van der Waals surface area contributed by atoms with Crippen molar-refractivity contribution in [3.05, 3.63) is 58.7 Å². The number of morpholine rings is 1. The van der Waals surface area contributed by atoms with E-state index in [0.717, 1.165) is 31.2 Å². The molecule has 0 spiro atoms. The largest absolute Gasteiger partial charge is 0.449 e. The van der Waals surface area contributed by atoms with E-state index in [0.29, 0.717) is 23.5 Å². The summed E-state index contributed by atoms with van der Waals surface area (Å²) in [6.45, 7) is 2.10. The van der Waals surface area contributed by atoms with Crippen molar-refractivity contribution >= 4 is 35.1 Å². The van der Waals surface area contributed by atoms with Crippen molar-refractivity contribution in [2.45, 2.75) is 51.4 Å². The molecule has 9 heteroatoms. The Kier molecular flexibility index (Phi) is 6.49. The standard InChI is InChI=1S/C27H29N3O6/c1-16(31)36-23(25(32)28-20-9-7-17-5-3-4-6-18(17)13-20)24-27(34)30(11-12-35-24)21-10-8-19-15-29(2)26(33)22(19)14-21/h7-10,13-14,23-24H,3-6,11-12,15H2,1-2H3,(H,28,32)/t23-,24-/m1/s1. The number of benzene rings is 2. The third kappa shape index (κ3) is 4.58. The Morgan fingerprint density at radius 2 is 1.81 bits per heavy atom. The molecule has 36 heavy (non-hydrogen) atoms. The molecule has 1 N–H and O–H groups in total. The lowest BCUT2D eigenvalue weighted by atomic mass is 9.91. The number of fused-ring (bicyclic) bond motifs is 2. The van der Waals surface area contributed by atoms with Gasteiger partial charge in [-0.1, -0.05) is 12.1 Å². The first-order chi connectivity index (χ1) is 17.3. The maximum absolute atomic E-state index is 13.5. The van der Waals surface area contributed by atoms with Crippen LogP contribution >= 0.6 is 0 Å². The number of esters is 1. The zero-order valence-corrected chi connectivity index (χ0v) is 20.4. The van der Waals surface area contributed by atoms with Gasteiger partial charge in [0.15, 0.2) is 6.10 Å². The second kappa shape index (κ2) is 9.73. The molecule has 0 saturated carbocycles. The maximum Gasteiger partial charge on any atom is 0.303 e. The molecule has 9 nitrogen and oxygen atoms in total. The Labute approximate surface area is 209 Å². The van der Waals surface area contributed by atoms with Crippen LogP contribution in [0, 0.1) is 0 Å². The second-order valence-corrected chi connectivity index (χ2v) is 9.49. The fourth-order valence-corrected chi connectivity index (χ4v) is 5.14. The number of hydrogen-bond donors (Lipinski definition) is 1. The van der Waals surface area contributed by atoms with Gasteiger partial charge >= 0.3 is 5.97 Å². The van der Waals surface area contributed by atoms with Crippen molar-refractivity contribution in [2.24, 2.45) is 0 Å². The zero-order chi connectivity index (χ0) is 25.4. The highest BCUT2D eigenvalue weighted by Gasteiger charge is 2.43. The van der Waals surface area contributed by atoms with Gasteiger partial charge in [-0.05, 0) is 66.6 Å². The Morgan fingerprint density at radius 1 is 1.06 bits per heavy atom. The first-order valence-electron chi connectivity index (χ1n) is 12.2. The van der Waals surface area contributed by atoms with Gasteiger partial charge in [0, 0.05) is 44.0 Å². The Morgan fingerprint density at radius 3 is 2.58 bits per heavy atom. The maximum atomic E-state index is 13.5. The summed E-state index contributed by atoms with van der Waals surface area (Å²) in [5.74, 6) is -1.94. The quantitative estimate of drug-likeness (QED) is 0.645. The Hall–Kier alpha value is -3.72. The minimum absolute atomic E-state index is 0.105. The fraction of sp³-hybridized carbons (Fsp3) is 0.407. The summed E-state index contributed by atoms with van der Waals surface area (Å²) in [4.78, 5) is 54.1. The number of carbonyl (C=O) groups excluding carboxylic acids is 4. The van der Waals surface area contributed by atoms with Crippen molar-refractivity contribution in [1.82, 2.24) is 4.90 Å². The molecule has 3 aliphatic rings. The molecular formula is C27H29N3O6. The van der Waals surface area contributed by atoms with Crippen LogP contribution < -0.4 is 10.2 Å². The number of nitrogens with one attached hydrogen (secondary N) is 1. The van der Waals surface area contributed by atoms with E-state index in [2.05, 4.69) is 5.32 Å². The van der Waals surface area contributed by atoms with Gasteiger partial charge in [0.25, 0.3) is 17.7 Å². The fourth-order valence-electron chi connectivity index (χ4n) is 5.14. The monoisotopic (exact) mass is 491 g/mol. The van der Waals surface area contributed by atoms with Gasteiger partial charge in [0.2, 0.25) is 6.10 Å². The number of carbonyl (C=O) groups is 4. The van der Waals surface area contributed by atoms with E-state index in [1.54, 1.807) is 24.1 Å².